The van der Waals surface area contributed by atoms with Crippen LogP contribution in [0.15, 0.2) is 48.5 Å². The molecule has 1 saturated heterocycles. The van der Waals surface area contributed by atoms with Crippen molar-refractivity contribution in [2.24, 2.45) is 5.92 Å². The first-order chi connectivity index (χ1) is 15.8. The molecule has 0 bridgehead atoms. The van der Waals surface area contributed by atoms with Crippen molar-refractivity contribution in [3.05, 3.63) is 65.2 Å². The third-order valence-electron chi connectivity index (χ3n) is 6.02. The van der Waals surface area contributed by atoms with Crippen molar-refractivity contribution >= 4 is 11.8 Å². The smallest absolute Gasteiger partial charge is 0.405 e. The van der Waals surface area contributed by atoms with Gasteiger partial charge in [-0.3, -0.25) is 9.59 Å². The van der Waals surface area contributed by atoms with E-state index in [-0.39, 0.29) is 36.1 Å². The predicted molar refractivity (Wildman–Crippen MR) is 113 cm³/mol. The molecule has 0 saturated carbocycles. The summed E-state index contributed by atoms with van der Waals surface area (Å²) >= 11 is 0. The molecule has 1 fully saturated rings. The number of carbonyl (C=O) groups is 2. The van der Waals surface area contributed by atoms with Crippen molar-refractivity contribution in [3.63, 3.8) is 0 Å². The molecule has 4 rings (SSSR count). The van der Waals surface area contributed by atoms with E-state index in [1.165, 1.54) is 18.2 Å². The van der Waals surface area contributed by atoms with Crippen molar-refractivity contribution < 1.29 is 32.2 Å². The molecule has 33 heavy (non-hydrogen) atoms. The molecule has 0 aromatic heterocycles. The van der Waals surface area contributed by atoms with E-state index in [4.69, 9.17) is 4.74 Å². The molecule has 2 aromatic rings. The maximum Gasteiger partial charge on any atom is 0.573 e. The Bertz CT molecular complexity index is 1010. The fraction of sp³-hybridized carbons (Fsp3) is 0.417. The summed E-state index contributed by atoms with van der Waals surface area (Å²) in [6.07, 6.45) is -3.01. The Hall–Kier alpha value is -3.07. The van der Waals surface area contributed by atoms with Gasteiger partial charge in [-0.05, 0) is 36.0 Å². The number of amides is 2. The quantitative estimate of drug-likeness (QED) is 0.710. The van der Waals surface area contributed by atoms with Gasteiger partial charge >= 0.3 is 6.36 Å². The van der Waals surface area contributed by atoms with Gasteiger partial charge in [-0.1, -0.05) is 42.5 Å². The summed E-state index contributed by atoms with van der Waals surface area (Å²) in [6, 6.07) is 12.1. The Balaban J connectivity index is 1.55. The average Bonchev–Trinajstić information content (AvgIpc) is 2.78. The van der Waals surface area contributed by atoms with Crippen LogP contribution < -0.4 is 10.1 Å². The lowest BCUT2D eigenvalue weighted by Crippen LogP contribution is -2.49. The van der Waals surface area contributed by atoms with Crippen LogP contribution in [0.1, 0.15) is 35.6 Å². The molecule has 1 unspecified atom stereocenters. The number of ether oxygens (including phenoxy) is 2. The van der Waals surface area contributed by atoms with Gasteiger partial charge in [-0.25, -0.2) is 0 Å². The number of para-hydroxylation sites is 1. The molecule has 1 N–H and O–H groups in total. The second kappa shape index (κ2) is 9.82. The minimum absolute atomic E-state index is 0.138. The SMILES string of the molecule is O=C(NCc1ccccc1OC(F)(F)F)C1c2ccccc2CC(=O)N1CC1CCOCC1. The number of halogens is 3. The number of nitrogens with one attached hydrogen (secondary N) is 1. The zero-order valence-electron chi connectivity index (χ0n) is 17.9. The van der Waals surface area contributed by atoms with Crippen LogP contribution in [0.4, 0.5) is 13.2 Å². The van der Waals surface area contributed by atoms with Crippen molar-refractivity contribution in [3.8, 4) is 5.75 Å². The van der Waals surface area contributed by atoms with Crippen LogP contribution in [0, 0.1) is 5.92 Å². The number of alkyl halides is 3. The van der Waals surface area contributed by atoms with Crippen molar-refractivity contribution in [1.29, 1.82) is 0 Å². The Labute approximate surface area is 189 Å². The zero-order chi connectivity index (χ0) is 23.4. The maximum atomic E-state index is 13.3. The van der Waals surface area contributed by atoms with E-state index in [1.54, 1.807) is 11.0 Å². The van der Waals surface area contributed by atoms with Gasteiger partial charge in [0.15, 0.2) is 0 Å². The minimum Gasteiger partial charge on any atom is -0.405 e. The summed E-state index contributed by atoms with van der Waals surface area (Å²) < 4.78 is 47.7. The van der Waals surface area contributed by atoms with Gasteiger partial charge in [-0.15, -0.1) is 13.2 Å². The molecule has 0 spiro atoms. The topological polar surface area (TPSA) is 67.9 Å². The van der Waals surface area contributed by atoms with Crippen molar-refractivity contribution in [2.75, 3.05) is 19.8 Å². The number of benzene rings is 2. The lowest BCUT2D eigenvalue weighted by molar-refractivity contribution is -0.274. The number of hydrogen-bond donors (Lipinski definition) is 1. The summed E-state index contributed by atoms with van der Waals surface area (Å²) in [5.74, 6) is -0.723. The van der Waals surface area contributed by atoms with Crippen LogP contribution in [0.2, 0.25) is 0 Å². The molecule has 2 amide bonds. The van der Waals surface area contributed by atoms with E-state index in [1.807, 2.05) is 24.3 Å². The van der Waals surface area contributed by atoms with E-state index < -0.39 is 18.3 Å². The Morgan fingerprint density at radius 2 is 1.79 bits per heavy atom. The predicted octanol–water partition coefficient (Wildman–Crippen LogP) is 3.75. The Morgan fingerprint density at radius 3 is 2.55 bits per heavy atom. The van der Waals surface area contributed by atoms with E-state index in [0.717, 1.165) is 24.0 Å². The zero-order valence-corrected chi connectivity index (χ0v) is 17.9. The molecule has 6 nitrogen and oxygen atoms in total. The second-order valence-electron chi connectivity index (χ2n) is 8.25. The standard InChI is InChI=1S/C24H25F3N2O4/c25-24(26,27)33-20-8-4-2-6-18(20)14-28-23(31)22-19-7-3-1-5-17(19)13-21(30)29(22)15-16-9-11-32-12-10-16/h1-8,16,22H,9-15H2,(H,28,31). The maximum absolute atomic E-state index is 13.3. The van der Waals surface area contributed by atoms with Gasteiger partial charge < -0.3 is 19.7 Å². The summed E-state index contributed by atoms with van der Waals surface area (Å²) in [6.45, 7) is 1.51. The summed E-state index contributed by atoms with van der Waals surface area (Å²) in [7, 11) is 0. The Morgan fingerprint density at radius 1 is 1.09 bits per heavy atom. The first-order valence-corrected chi connectivity index (χ1v) is 10.9. The summed E-state index contributed by atoms with van der Waals surface area (Å²) in [5, 5.41) is 2.72. The molecule has 0 aliphatic carbocycles. The van der Waals surface area contributed by atoms with Crippen molar-refractivity contribution in [1.82, 2.24) is 10.2 Å². The number of hydrogen-bond acceptors (Lipinski definition) is 4. The van der Waals surface area contributed by atoms with E-state index >= 15 is 0 Å². The molecule has 2 heterocycles. The highest BCUT2D eigenvalue weighted by molar-refractivity contribution is 5.92. The summed E-state index contributed by atoms with van der Waals surface area (Å²) in [4.78, 5) is 27.9. The molecule has 9 heteroatoms. The van der Waals surface area contributed by atoms with Crippen LogP contribution in [-0.2, 0) is 27.3 Å². The lowest BCUT2D eigenvalue weighted by atomic mass is 9.89. The van der Waals surface area contributed by atoms with Gasteiger partial charge in [0.05, 0.1) is 6.42 Å². The molecular weight excluding hydrogens is 437 g/mol. The van der Waals surface area contributed by atoms with Gasteiger partial charge in [0.2, 0.25) is 11.8 Å². The van der Waals surface area contributed by atoms with E-state index in [2.05, 4.69) is 10.1 Å². The third-order valence-corrected chi connectivity index (χ3v) is 6.02. The van der Waals surface area contributed by atoms with Gasteiger partial charge in [0.1, 0.15) is 11.8 Å². The van der Waals surface area contributed by atoms with E-state index in [0.29, 0.717) is 19.8 Å². The molecule has 176 valence electrons. The monoisotopic (exact) mass is 462 g/mol. The minimum atomic E-state index is -4.84. The number of rotatable bonds is 6. The second-order valence-corrected chi connectivity index (χ2v) is 8.25. The lowest BCUT2D eigenvalue weighted by Gasteiger charge is -2.39. The van der Waals surface area contributed by atoms with Gasteiger partial charge in [-0.2, -0.15) is 0 Å². The largest absolute Gasteiger partial charge is 0.573 e. The highest BCUT2D eigenvalue weighted by Crippen LogP contribution is 2.33. The van der Waals surface area contributed by atoms with E-state index in [9.17, 15) is 22.8 Å². The van der Waals surface area contributed by atoms with Crippen LogP contribution >= 0.6 is 0 Å². The van der Waals surface area contributed by atoms with Gasteiger partial charge in [0.25, 0.3) is 0 Å². The molecule has 1 atom stereocenters. The number of fused-ring (bicyclic) bond motifs is 1. The van der Waals surface area contributed by atoms with Crippen LogP contribution in [0.3, 0.4) is 0 Å². The highest BCUT2D eigenvalue weighted by Gasteiger charge is 2.38. The normalized spacial score (nSPS) is 19.2. The molecule has 2 aromatic carbocycles. The molecular formula is C24H25F3N2O4. The van der Waals surface area contributed by atoms with Gasteiger partial charge in [0, 0.05) is 31.9 Å². The first kappa shape index (κ1) is 23.1. The fourth-order valence-corrected chi connectivity index (χ4v) is 4.39. The van der Waals surface area contributed by atoms with Crippen LogP contribution in [-0.4, -0.2) is 42.8 Å². The van der Waals surface area contributed by atoms with Crippen LogP contribution in [0.25, 0.3) is 0 Å². The summed E-state index contributed by atoms with van der Waals surface area (Å²) in [5.41, 5.74) is 1.71. The molecule has 2 aliphatic heterocycles. The third kappa shape index (κ3) is 5.65. The average molecular weight is 462 g/mol. The van der Waals surface area contributed by atoms with Crippen molar-refractivity contribution in [2.45, 2.75) is 38.2 Å². The first-order valence-electron chi connectivity index (χ1n) is 10.9. The molecule has 2 aliphatic rings. The Kier molecular flexibility index (Phi) is 6.88. The highest BCUT2D eigenvalue weighted by atomic mass is 19.4. The number of nitrogens with zero attached hydrogens (tertiary/aromatic N) is 1. The van der Waals surface area contributed by atoms with Crippen LogP contribution in [0.5, 0.6) is 5.75 Å². The molecule has 0 radical (unpaired) electrons. The fourth-order valence-electron chi connectivity index (χ4n) is 4.39. The number of carbonyl (C=O) groups excluding carboxylic acids is 2.